The summed E-state index contributed by atoms with van der Waals surface area (Å²) in [5.41, 5.74) is 2.03. The molecule has 148 valence electrons. The van der Waals surface area contributed by atoms with Gasteiger partial charge < -0.3 is 15.1 Å². The zero-order chi connectivity index (χ0) is 20.8. The summed E-state index contributed by atoms with van der Waals surface area (Å²) in [6.07, 6.45) is 2.95. The Kier molecular flexibility index (Phi) is 6.75. The summed E-state index contributed by atoms with van der Waals surface area (Å²) >= 11 is 12.1. The second kappa shape index (κ2) is 9.45. The molecule has 2 amide bonds. The van der Waals surface area contributed by atoms with Crippen molar-refractivity contribution in [1.82, 2.24) is 10.6 Å². The fourth-order valence-corrected chi connectivity index (χ4v) is 3.10. The molecular weight excluding hydrogens is 411 g/mol. The van der Waals surface area contributed by atoms with E-state index >= 15 is 0 Å². The molecule has 0 atom stereocenters. The number of amides is 2. The molecule has 3 aromatic rings. The minimum Gasteiger partial charge on any atom is -0.465 e. The number of nitrogens with one attached hydrogen (secondary N) is 2. The van der Waals surface area contributed by atoms with Gasteiger partial charge in [0.2, 0.25) is 0 Å². The molecular formula is C22H18Cl2N2O3. The lowest BCUT2D eigenvalue weighted by atomic mass is 10.1. The highest BCUT2D eigenvalue weighted by atomic mass is 35.5. The van der Waals surface area contributed by atoms with E-state index in [4.69, 9.17) is 27.6 Å². The van der Waals surface area contributed by atoms with Crippen LogP contribution in [-0.2, 0) is 11.3 Å². The Labute approximate surface area is 178 Å². The van der Waals surface area contributed by atoms with Gasteiger partial charge in [-0.2, -0.15) is 0 Å². The second-order valence-corrected chi connectivity index (χ2v) is 7.10. The van der Waals surface area contributed by atoms with Gasteiger partial charge in [0.25, 0.3) is 11.8 Å². The van der Waals surface area contributed by atoms with Crippen molar-refractivity contribution in [2.24, 2.45) is 0 Å². The molecule has 0 radical (unpaired) electrons. The second-order valence-electron chi connectivity index (χ2n) is 6.26. The quantitative estimate of drug-likeness (QED) is 0.543. The molecule has 0 saturated heterocycles. The molecule has 2 aromatic carbocycles. The largest absolute Gasteiger partial charge is 0.465 e. The molecule has 0 aliphatic carbocycles. The Balaban J connectivity index is 1.79. The minimum absolute atomic E-state index is 0.0540. The van der Waals surface area contributed by atoms with Crippen molar-refractivity contribution < 1.29 is 14.0 Å². The van der Waals surface area contributed by atoms with Gasteiger partial charge >= 0.3 is 0 Å². The van der Waals surface area contributed by atoms with Crippen molar-refractivity contribution in [3.8, 4) is 0 Å². The van der Waals surface area contributed by atoms with Gasteiger partial charge in [-0.15, -0.1) is 0 Å². The van der Waals surface area contributed by atoms with Crippen LogP contribution in [0.15, 0.2) is 71.0 Å². The van der Waals surface area contributed by atoms with Crippen LogP contribution in [0.5, 0.6) is 0 Å². The summed E-state index contributed by atoms with van der Waals surface area (Å²) in [7, 11) is 0. The van der Waals surface area contributed by atoms with Crippen LogP contribution in [0.4, 0.5) is 0 Å². The first-order chi connectivity index (χ1) is 13.9. The Morgan fingerprint density at radius 3 is 2.55 bits per heavy atom. The van der Waals surface area contributed by atoms with E-state index in [1.807, 2.05) is 19.1 Å². The summed E-state index contributed by atoms with van der Waals surface area (Å²) in [6.45, 7) is 2.00. The van der Waals surface area contributed by atoms with Gasteiger partial charge in [0, 0.05) is 28.2 Å². The molecule has 1 heterocycles. The van der Waals surface area contributed by atoms with E-state index in [-0.39, 0.29) is 18.1 Å². The third-order valence-electron chi connectivity index (χ3n) is 4.17. The number of aryl methyl sites for hydroxylation is 1. The van der Waals surface area contributed by atoms with Gasteiger partial charge in [-0.3, -0.25) is 9.59 Å². The molecule has 1 aromatic heterocycles. The SMILES string of the molecule is Cc1ccccc1C(=O)N/C(=C\c1ccco1)C(=O)NCc1ccc(Cl)cc1Cl. The number of hydrogen-bond donors (Lipinski definition) is 2. The molecule has 0 bridgehead atoms. The molecule has 0 unspecified atom stereocenters. The molecule has 2 N–H and O–H groups in total. The predicted molar refractivity (Wildman–Crippen MR) is 114 cm³/mol. The zero-order valence-electron chi connectivity index (χ0n) is 15.5. The zero-order valence-corrected chi connectivity index (χ0v) is 17.1. The maximum Gasteiger partial charge on any atom is 0.268 e. The van der Waals surface area contributed by atoms with Crippen LogP contribution >= 0.6 is 23.2 Å². The Morgan fingerprint density at radius 2 is 1.86 bits per heavy atom. The van der Waals surface area contributed by atoms with Gasteiger partial charge in [0.1, 0.15) is 11.5 Å². The van der Waals surface area contributed by atoms with Crippen molar-refractivity contribution in [2.45, 2.75) is 13.5 Å². The predicted octanol–water partition coefficient (Wildman–Crippen LogP) is 4.98. The van der Waals surface area contributed by atoms with Gasteiger partial charge in [0.05, 0.1) is 6.26 Å². The molecule has 0 spiro atoms. The van der Waals surface area contributed by atoms with Gasteiger partial charge in [0.15, 0.2) is 0 Å². The van der Waals surface area contributed by atoms with Crippen molar-refractivity contribution in [1.29, 1.82) is 0 Å². The van der Waals surface area contributed by atoms with Crippen molar-refractivity contribution >= 4 is 41.1 Å². The summed E-state index contributed by atoms with van der Waals surface area (Å²) in [4.78, 5) is 25.4. The number of rotatable bonds is 6. The van der Waals surface area contributed by atoms with Gasteiger partial charge in [-0.1, -0.05) is 47.5 Å². The first-order valence-corrected chi connectivity index (χ1v) is 9.54. The number of hydrogen-bond acceptors (Lipinski definition) is 3. The van der Waals surface area contributed by atoms with Crippen molar-refractivity contribution in [3.05, 3.63) is 99.1 Å². The molecule has 3 rings (SSSR count). The Hall–Kier alpha value is -3.02. The number of carbonyl (C=O) groups excluding carboxylic acids is 2. The fraction of sp³-hybridized carbons (Fsp3) is 0.0909. The third-order valence-corrected chi connectivity index (χ3v) is 4.75. The fourth-order valence-electron chi connectivity index (χ4n) is 2.63. The maximum atomic E-state index is 12.8. The lowest BCUT2D eigenvalue weighted by molar-refractivity contribution is -0.117. The molecule has 0 aliphatic heterocycles. The lowest BCUT2D eigenvalue weighted by Crippen LogP contribution is -2.34. The first kappa shape index (κ1) is 20.7. The average molecular weight is 429 g/mol. The van der Waals surface area contributed by atoms with Crippen LogP contribution in [0.2, 0.25) is 10.0 Å². The van der Waals surface area contributed by atoms with Gasteiger partial charge in [-0.25, -0.2) is 0 Å². The molecule has 0 fully saturated rings. The molecule has 0 saturated carbocycles. The van der Waals surface area contributed by atoms with Crippen LogP contribution in [0.25, 0.3) is 6.08 Å². The molecule has 7 heteroatoms. The van der Waals surface area contributed by atoms with Crippen LogP contribution < -0.4 is 10.6 Å². The summed E-state index contributed by atoms with van der Waals surface area (Å²) in [5, 5.41) is 6.37. The highest BCUT2D eigenvalue weighted by Gasteiger charge is 2.16. The van der Waals surface area contributed by atoms with Crippen LogP contribution in [0.1, 0.15) is 27.2 Å². The Morgan fingerprint density at radius 1 is 1.07 bits per heavy atom. The smallest absolute Gasteiger partial charge is 0.268 e. The first-order valence-electron chi connectivity index (χ1n) is 8.78. The van der Waals surface area contributed by atoms with Crippen LogP contribution in [0, 0.1) is 6.92 Å². The standard InChI is InChI=1S/C22H18Cl2N2O3/c1-14-5-2-3-7-18(14)21(27)26-20(12-17-6-4-10-29-17)22(28)25-13-15-8-9-16(23)11-19(15)24/h2-12H,13H2,1H3,(H,25,28)(H,26,27)/b20-12-. The summed E-state index contributed by atoms with van der Waals surface area (Å²) in [6, 6.07) is 15.5. The van der Waals surface area contributed by atoms with E-state index in [2.05, 4.69) is 10.6 Å². The monoisotopic (exact) mass is 428 g/mol. The molecule has 29 heavy (non-hydrogen) atoms. The van der Waals surface area contributed by atoms with Crippen molar-refractivity contribution in [2.75, 3.05) is 0 Å². The highest BCUT2D eigenvalue weighted by Crippen LogP contribution is 2.21. The Bertz CT molecular complexity index is 1060. The topological polar surface area (TPSA) is 71.3 Å². The third kappa shape index (κ3) is 5.50. The molecule has 5 nitrogen and oxygen atoms in total. The number of benzene rings is 2. The maximum absolute atomic E-state index is 12.8. The van der Waals surface area contributed by atoms with E-state index in [1.54, 1.807) is 42.5 Å². The van der Waals surface area contributed by atoms with Crippen LogP contribution in [0.3, 0.4) is 0 Å². The average Bonchev–Trinajstić information content (AvgIpc) is 3.20. The molecule has 0 aliphatic rings. The van der Waals surface area contributed by atoms with Gasteiger partial charge in [-0.05, 0) is 48.4 Å². The van der Waals surface area contributed by atoms with E-state index in [1.165, 1.54) is 12.3 Å². The summed E-state index contributed by atoms with van der Waals surface area (Å²) in [5.74, 6) is -0.431. The minimum atomic E-state index is -0.477. The lowest BCUT2D eigenvalue weighted by Gasteiger charge is -2.12. The van der Waals surface area contributed by atoms with E-state index in [9.17, 15) is 9.59 Å². The summed E-state index contributed by atoms with van der Waals surface area (Å²) < 4.78 is 5.28. The van der Waals surface area contributed by atoms with E-state index in [0.717, 1.165) is 5.56 Å². The highest BCUT2D eigenvalue weighted by molar-refractivity contribution is 6.35. The number of halogens is 2. The van der Waals surface area contributed by atoms with E-state index in [0.29, 0.717) is 26.9 Å². The number of furan rings is 1. The van der Waals surface area contributed by atoms with E-state index < -0.39 is 5.91 Å². The van der Waals surface area contributed by atoms with Crippen molar-refractivity contribution in [3.63, 3.8) is 0 Å². The normalized spacial score (nSPS) is 11.2. The van der Waals surface area contributed by atoms with Crippen LogP contribution in [-0.4, -0.2) is 11.8 Å². The number of carbonyl (C=O) groups is 2.